The minimum Gasteiger partial charge on any atom is -0.481 e. The van der Waals surface area contributed by atoms with Crippen molar-refractivity contribution in [2.75, 3.05) is 0 Å². The van der Waals surface area contributed by atoms with Crippen LogP contribution in [-0.4, -0.2) is 34.1 Å². The Kier molecular flexibility index (Phi) is 18.8. The van der Waals surface area contributed by atoms with Crippen LogP contribution < -0.4 is 5.32 Å². The quantitative estimate of drug-likeness (QED) is 0.174. The summed E-state index contributed by atoms with van der Waals surface area (Å²) >= 11 is 0. The Bertz CT molecular complexity index is 528. The van der Waals surface area contributed by atoms with Gasteiger partial charge in [-0.2, -0.15) is 0 Å². The van der Waals surface area contributed by atoms with E-state index in [1.165, 1.54) is 64.2 Å². The number of allylic oxidation sites excluding steroid dienone is 4. The molecule has 1 amide bonds. The first-order chi connectivity index (χ1) is 14.5. The van der Waals surface area contributed by atoms with E-state index in [2.05, 4.69) is 36.5 Å². The summed E-state index contributed by atoms with van der Waals surface area (Å²) in [5.41, 5.74) is 0. The van der Waals surface area contributed by atoms with Crippen molar-refractivity contribution in [3.8, 4) is 0 Å². The second-order valence-corrected chi connectivity index (χ2v) is 7.73. The maximum atomic E-state index is 11.7. The van der Waals surface area contributed by atoms with Crippen LogP contribution in [0.5, 0.6) is 0 Å². The molecule has 0 saturated heterocycles. The molecule has 0 aromatic rings. The Labute approximate surface area is 181 Å². The van der Waals surface area contributed by atoms with Crippen molar-refractivity contribution in [3.63, 3.8) is 0 Å². The second-order valence-electron chi connectivity index (χ2n) is 7.73. The molecule has 0 spiro atoms. The third-order valence-electron chi connectivity index (χ3n) is 4.84. The normalized spacial score (nSPS) is 12.4. The van der Waals surface area contributed by atoms with Crippen LogP contribution in [0.25, 0.3) is 0 Å². The minimum absolute atomic E-state index is 0.195. The molecule has 0 aliphatic carbocycles. The summed E-state index contributed by atoms with van der Waals surface area (Å²) in [7, 11) is 0. The van der Waals surface area contributed by atoms with Gasteiger partial charge < -0.3 is 15.5 Å². The lowest BCUT2D eigenvalue weighted by Crippen LogP contribution is -2.42. The summed E-state index contributed by atoms with van der Waals surface area (Å²) < 4.78 is 0. The molecule has 1 unspecified atom stereocenters. The molecule has 3 N–H and O–H groups in total. The molecule has 0 bridgehead atoms. The first kappa shape index (κ1) is 27.9. The lowest BCUT2D eigenvalue weighted by atomic mass is 10.1. The van der Waals surface area contributed by atoms with Crippen LogP contribution in [0.4, 0.5) is 0 Å². The number of rotatable bonds is 20. The number of hydrogen-bond donors (Lipinski definition) is 3. The van der Waals surface area contributed by atoms with Gasteiger partial charge in [0.25, 0.3) is 0 Å². The summed E-state index contributed by atoms with van der Waals surface area (Å²) in [6.45, 7) is 2.23. The van der Waals surface area contributed by atoms with E-state index in [-0.39, 0.29) is 6.42 Å². The van der Waals surface area contributed by atoms with Gasteiger partial charge in [-0.15, -0.1) is 0 Å². The van der Waals surface area contributed by atoms with Crippen LogP contribution in [0.2, 0.25) is 0 Å². The van der Waals surface area contributed by atoms with Crippen LogP contribution in [0.15, 0.2) is 24.3 Å². The van der Waals surface area contributed by atoms with Gasteiger partial charge in [-0.05, 0) is 51.4 Å². The lowest BCUT2D eigenvalue weighted by Gasteiger charge is -2.11. The van der Waals surface area contributed by atoms with E-state index in [1.54, 1.807) is 0 Å². The summed E-state index contributed by atoms with van der Waals surface area (Å²) in [5.74, 6) is -3.00. The molecule has 172 valence electrons. The molecule has 0 heterocycles. The maximum Gasteiger partial charge on any atom is 0.326 e. The van der Waals surface area contributed by atoms with Crippen LogP contribution in [-0.2, 0) is 14.4 Å². The number of carboxylic acids is 2. The van der Waals surface area contributed by atoms with Crippen LogP contribution >= 0.6 is 0 Å². The number of nitrogens with one attached hydrogen (secondary N) is 1. The van der Waals surface area contributed by atoms with Gasteiger partial charge in [-0.1, -0.05) is 63.3 Å². The Balaban J connectivity index is 3.53. The van der Waals surface area contributed by atoms with Gasteiger partial charge in [0, 0.05) is 6.42 Å². The zero-order valence-corrected chi connectivity index (χ0v) is 18.6. The highest BCUT2D eigenvalue weighted by Gasteiger charge is 2.22. The van der Waals surface area contributed by atoms with Crippen LogP contribution in [0, 0.1) is 0 Å². The second kappa shape index (κ2) is 20.2. The number of amides is 1. The molecule has 0 radical (unpaired) electrons. The predicted octanol–water partition coefficient (Wildman–Crippen LogP) is 5.62. The number of unbranched alkanes of at least 4 members (excludes halogenated alkanes) is 10. The third-order valence-corrected chi connectivity index (χ3v) is 4.84. The number of carbonyl (C=O) groups is 3. The van der Waals surface area contributed by atoms with E-state index in [0.717, 1.165) is 12.8 Å². The Morgan fingerprint density at radius 2 is 1.20 bits per heavy atom. The molecular formula is C24H41NO5. The lowest BCUT2D eigenvalue weighted by molar-refractivity contribution is -0.147. The molecule has 0 aromatic heterocycles. The Morgan fingerprint density at radius 3 is 1.67 bits per heavy atom. The average Bonchev–Trinajstić information content (AvgIpc) is 2.69. The first-order valence-corrected chi connectivity index (χ1v) is 11.5. The number of carboxylic acid groups (broad SMARTS) is 2. The van der Waals surface area contributed by atoms with Crippen molar-refractivity contribution in [1.82, 2.24) is 5.32 Å². The highest BCUT2D eigenvalue weighted by Crippen LogP contribution is 2.09. The fourth-order valence-electron chi connectivity index (χ4n) is 3.06. The predicted molar refractivity (Wildman–Crippen MR) is 120 cm³/mol. The monoisotopic (exact) mass is 423 g/mol. The van der Waals surface area contributed by atoms with Crippen LogP contribution in [0.3, 0.4) is 0 Å². The maximum absolute atomic E-state index is 11.7. The average molecular weight is 424 g/mol. The van der Waals surface area contributed by atoms with E-state index >= 15 is 0 Å². The summed E-state index contributed by atoms with van der Waals surface area (Å²) in [6.07, 6.45) is 23.5. The van der Waals surface area contributed by atoms with Gasteiger partial charge in [0.2, 0.25) is 5.91 Å². The smallest absolute Gasteiger partial charge is 0.326 e. The summed E-state index contributed by atoms with van der Waals surface area (Å²) in [5, 5.41) is 19.8. The van der Waals surface area contributed by atoms with Gasteiger partial charge >= 0.3 is 11.9 Å². The summed E-state index contributed by atoms with van der Waals surface area (Å²) in [6, 6.07) is -1.37. The molecule has 6 nitrogen and oxygen atoms in total. The van der Waals surface area contributed by atoms with Gasteiger partial charge in [0.15, 0.2) is 0 Å². The van der Waals surface area contributed by atoms with Crippen LogP contribution in [0.1, 0.15) is 103 Å². The Hall–Kier alpha value is -2.11. The van der Waals surface area contributed by atoms with Crippen molar-refractivity contribution in [1.29, 1.82) is 0 Å². The molecule has 0 fully saturated rings. The number of aliphatic carboxylic acids is 2. The van der Waals surface area contributed by atoms with Gasteiger partial charge in [0.05, 0.1) is 6.42 Å². The standard InChI is InChI=1S/C24H41NO5/c1-2-3-4-5-6-7-8-9-10-11-12-13-14-15-16-17-18-19-22(26)25-21(24(29)30)20-23(27)28/h6-7,15-16,21H,2-5,8-14,17-20H2,1H3,(H,25,26)(H,27,28)(H,29,30)/b7-6-,16-15-. The van der Waals surface area contributed by atoms with E-state index in [4.69, 9.17) is 10.2 Å². The van der Waals surface area contributed by atoms with E-state index < -0.39 is 30.3 Å². The molecule has 1 atom stereocenters. The molecule has 30 heavy (non-hydrogen) atoms. The molecule has 0 aliphatic rings. The largest absolute Gasteiger partial charge is 0.481 e. The highest BCUT2D eigenvalue weighted by molar-refractivity contribution is 5.86. The molecular weight excluding hydrogens is 382 g/mol. The number of hydrogen-bond acceptors (Lipinski definition) is 3. The molecule has 0 rings (SSSR count). The first-order valence-electron chi connectivity index (χ1n) is 11.5. The van der Waals surface area contributed by atoms with Gasteiger partial charge in [0.1, 0.15) is 6.04 Å². The molecule has 6 heteroatoms. The molecule has 0 saturated carbocycles. The third kappa shape index (κ3) is 19.2. The van der Waals surface area contributed by atoms with E-state index in [0.29, 0.717) is 6.42 Å². The minimum atomic E-state index is -1.37. The van der Waals surface area contributed by atoms with Crippen molar-refractivity contribution in [3.05, 3.63) is 24.3 Å². The molecule has 0 aromatic carbocycles. The fraction of sp³-hybridized carbons (Fsp3) is 0.708. The van der Waals surface area contributed by atoms with E-state index in [1.807, 2.05) is 0 Å². The van der Waals surface area contributed by atoms with Crippen molar-refractivity contribution >= 4 is 17.8 Å². The van der Waals surface area contributed by atoms with Crippen molar-refractivity contribution in [2.24, 2.45) is 0 Å². The Morgan fingerprint density at radius 1 is 0.733 bits per heavy atom. The topological polar surface area (TPSA) is 104 Å². The SMILES string of the molecule is CCCCC/C=C\CCCCCCC/C=C\CCCC(=O)NC(CC(=O)O)C(=O)O. The summed E-state index contributed by atoms with van der Waals surface area (Å²) in [4.78, 5) is 33.2. The van der Waals surface area contributed by atoms with Crippen molar-refractivity contribution in [2.45, 2.75) is 109 Å². The van der Waals surface area contributed by atoms with E-state index in [9.17, 15) is 14.4 Å². The van der Waals surface area contributed by atoms with Gasteiger partial charge in [-0.3, -0.25) is 9.59 Å². The zero-order chi connectivity index (χ0) is 22.5. The van der Waals surface area contributed by atoms with Crippen molar-refractivity contribution < 1.29 is 24.6 Å². The molecule has 0 aliphatic heterocycles. The number of carbonyl (C=O) groups excluding carboxylic acids is 1. The zero-order valence-electron chi connectivity index (χ0n) is 18.6. The van der Waals surface area contributed by atoms with Gasteiger partial charge in [-0.25, -0.2) is 4.79 Å². The fourth-order valence-corrected chi connectivity index (χ4v) is 3.06. The highest BCUT2D eigenvalue weighted by atomic mass is 16.4.